The van der Waals surface area contributed by atoms with Crippen LogP contribution in [0.4, 0.5) is 5.69 Å². The predicted molar refractivity (Wildman–Crippen MR) is 117 cm³/mol. The second kappa shape index (κ2) is 8.79. The van der Waals surface area contributed by atoms with Crippen LogP contribution in [0.25, 0.3) is 11.4 Å². The fourth-order valence-corrected chi connectivity index (χ4v) is 2.69. The summed E-state index contributed by atoms with van der Waals surface area (Å²) in [5, 5.41) is 10.2. The van der Waals surface area contributed by atoms with E-state index in [1.54, 1.807) is 0 Å². The molecule has 136 valence electrons. The van der Waals surface area contributed by atoms with Gasteiger partial charge in [0, 0.05) is 11.3 Å². The number of aromatic amines is 1. The predicted octanol–water partition coefficient (Wildman–Crippen LogP) is 3.94. The molecule has 0 unspecified atom stereocenters. The highest BCUT2D eigenvalue weighted by molar-refractivity contribution is 14.0. The van der Waals surface area contributed by atoms with Crippen molar-refractivity contribution in [3.63, 3.8) is 0 Å². The third-order valence-electron chi connectivity index (χ3n) is 3.71. The molecule has 0 aliphatic heterocycles. The number of nitrogens with one attached hydrogen (secondary N) is 2. The Morgan fingerprint density at radius 1 is 1.12 bits per heavy atom. The summed E-state index contributed by atoms with van der Waals surface area (Å²) in [5.41, 5.74) is 11.3. The minimum absolute atomic E-state index is 0. The van der Waals surface area contributed by atoms with Crippen molar-refractivity contribution >= 4 is 35.6 Å². The first-order valence-corrected chi connectivity index (χ1v) is 8.13. The van der Waals surface area contributed by atoms with Crippen molar-refractivity contribution in [3.05, 3.63) is 65.0 Å². The number of hydrogen-bond donors (Lipinski definition) is 3. The molecular weight excluding hydrogens is 439 g/mol. The second-order valence-electron chi connectivity index (χ2n) is 6.15. The number of H-pyrrole nitrogens is 1. The summed E-state index contributed by atoms with van der Waals surface area (Å²) in [7, 11) is 0. The molecule has 1 aromatic heterocycles. The number of halogens is 1. The van der Waals surface area contributed by atoms with Gasteiger partial charge in [-0.3, -0.25) is 5.10 Å². The van der Waals surface area contributed by atoms with Gasteiger partial charge in [-0.05, 0) is 55.7 Å². The number of hydrogen-bond acceptors (Lipinski definition) is 3. The molecule has 0 aliphatic rings. The Kier molecular flexibility index (Phi) is 6.73. The lowest BCUT2D eigenvalue weighted by molar-refractivity contribution is 1.04. The monoisotopic (exact) mass is 462 g/mol. The molecule has 7 heteroatoms. The third-order valence-corrected chi connectivity index (χ3v) is 3.71. The van der Waals surface area contributed by atoms with Crippen LogP contribution in [0.5, 0.6) is 0 Å². The maximum atomic E-state index is 6.02. The largest absolute Gasteiger partial charge is 0.370 e. The Hall–Kier alpha value is -2.42. The summed E-state index contributed by atoms with van der Waals surface area (Å²) in [5.74, 6) is 1.87. The number of rotatable bonds is 4. The van der Waals surface area contributed by atoms with Crippen LogP contribution < -0.4 is 11.1 Å². The van der Waals surface area contributed by atoms with Crippen molar-refractivity contribution in [1.82, 2.24) is 15.2 Å². The normalized spacial score (nSPS) is 11.1. The molecule has 1 heterocycles. The van der Waals surface area contributed by atoms with E-state index in [1.807, 2.05) is 43.3 Å². The molecule has 0 amide bonds. The van der Waals surface area contributed by atoms with Gasteiger partial charge in [-0.15, -0.1) is 24.0 Å². The van der Waals surface area contributed by atoms with E-state index in [9.17, 15) is 0 Å². The van der Waals surface area contributed by atoms with Gasteiger partial charge in [0.25, 0.3) is 0 Å². The minimum atomic E-state index is 0. The van der Waals surface area contributed by atoms with Crippen molar-refractivity contribution in [2.75, 3.05) is 5.32 Å². The Bertz CT molecular complexity index is 896. The zero-order valence-electron chi connectivity index (χ0n) is 15.1. The molecule has 0 spiro atoms. The Labute approximate surface area is 170 Å². The van der Waals surface area contributed by atoms with E-state index < -0.39 is 0 Å². The van der Waals surface area contributed by atoms with Gasteiger partial charge in [0.2, 0.25) is 0 Å². The van der Waals surface area contributed by atoms with Gasteiger partial charge in [-0.2, -0.15) is 5.10 Å². The number of benzene rings is 2. The van der Waals surface area contributed by atoms with Crippen LogP contribution in [0.2, 0.25) is 0 Å². The molecule has 0 bridgehead atoms. The van der Waals surface area contributed by atoms with Crippen LogP contribution >= 0.6 is 24.0 Å². The van der Waals surface area contributed by atoms with Crippen LogP contribution in [-0.4, -0.2) is 21.1 Å². The van der Waals surface area contributed by atoms with E-state index in [0.717, 1.165) is 22.6 Å². The Balaban J connectivity index is 0.00000243. The molecule has 3 aromatic rings. The fraction of sp³-hybridized carbons (Fsp3) is 0.211. The van der Waals surface area contributed by atoms with Gasteiger partial charge in [0.15, 0.2) is 11.8 Å². The van der Waals surface area contributed by atoms with E-state index in [4.69, 9.17) is 5.73 Å². The third kappa shape index (κ3) is 5.29. The van der Waals surface area contributed by atoms with E-state index in [2.05, 4.69) is 45.4 Å². The number of guanidine groups is 1. The lowest BCUT2D eigenvalue weighted by Crippen LogP contribution is -2.22. The zero-order chi connectivity index (χ0) is 17.8. The van der Waals surface area contributed by atoms with Gasteiger partial charge in [0.1, 0.15) is 5.82 Å². The molecule has 0 atom stereocenters. The summed E-state index contributed by atoms with van der Waals surface area (Å²) < 4.78 is 0. The van der Waals surface area contributed by atoms with Crippen LogP contribution in [0.15, 0.2) is 47.5 Å². The SMILES string of the molecule is Cc1cc(C)cc(NC(N)=NCc2cccc(-c3n[nH]c(C)n3)c2)c1.I. The van der Waals surface area contributed by atoms with Crippen LogP contribution in [-0.2, 0) is 6.54 Å². The van der Waals surface area contributed by atoms with E-state index in [0.29, 0.717) is 18.3 Å². The zero-order valence-corrected chi connectivity index (χ0v) is 17.4. The number of nitrogens with zero attached hydrogens (tertiary/aromatic N) is 3. The van der Waals surface area contributed by atoms with Crippen molar-refractivity contribution in [3.8, 4) is 11.4 Å². The Morgan fingerprint density at radius 2 is 1.85 bits per heavy atom. The summed E-state index contributed by atoms with van der Waals surface area (Å²) in [4.78, 5) is 8.77. The highest BCUT2D eigenvalue weighted by atomic mass is 127. The smallest absolute Gasteiger partial charge is 0.193 e. The highest BCUT2D eigenvalue weighted by Gasteiger charge is 2.04. The number of aliphatic imine (C=N–C) groups is 1. The molecular formula is C19H23IN6. The number of aryl methyl sites for hydroxylation is 3. The first-order chi connectivity index (χ1) is 12.0. The molecule has 6 nitrogen and oxygen atoms in total. The van der Waals surface area contributed by atoms with Crippen molar-refractivity contribution in [2.24, 2.45) is 10.7 Å². The summed E-state index contributed by atoms with van der Waals surface area (Å²) in [6.45, 7) is 6.48. The molecule has 2 aromatic carbocycles. The lowest BCUT2D eigenvalue weighted by atomic mass is 10.1. The quantitative estimate of drug-likeness (QED) is 0.311. The van der Waals surface area contributed by atoms with Gasteiger partial charge < -0.3 is 11.1 Å². The minimum Gasteiger partial charge on any atom is -0.370 e. The van der Waals surface area contributed by atoms with Crippen molar-refractivity contribution < 1.29 is 0 Å². The summed E-state index contributed by atoms with van der Waals surface area (Å²) in [6, 6.07) is 14.2. The maximum Gasteiger partial charge on any atom is 0.193 e. The molecule has 0 saturated carbocycles. The van der Waals surface area contributed by atoms with Crippen LogP contribution in [0, 0.1) is 20.8 Å². The van der Waals surface area contributed by atoms with Gasteiger partial charge in [-0.1, -0.05) is 24.3 Å². The first kappa shape index (κ1) is 19.9. The van der Waals surface area contributed by atoms with Crippen LogP contribution in [0.1, 0.15) is 22.5 Å². The molecule has 4 N–H and O–H groups in total. The number of aromatic nitrogens is 3. The fourth-order valence-electron chi connectivity index (χ4n) is 2.69. The average molecular weight is 462 g/mol. The van der Waals surface area contributed by atoms with E-state index in [-0.39, 0.29) is 24.0 Å². The molecule has 3 rings (SSSR count). The van der Waals surface area contributed by atoms with Crippen LogP contribution in [0.3, 0.4) is 0 Å². The van der Waals surface area contributed by atoms with Gasteiger partial charge in [-0.25, -0.2) is 9.98 Å². The molecule has 0 aliphatic carbocycles. The summed E-state index contributed by atoms with van der Waals surface area (Å²) >= 11 is 0. The van der Waals surface area contributed by atoms with E-state index >= 15 is 0 Å². The number of anilines is 1. The molecule has 0 fully saturated rings. The van der Waals surface area contributed by atoms with Crippen molar-refractivity contribution in [1.29, 1.82) is 0 Å². The standard InChI is InChI=1S/C19H22N6.HI/c1-12-7-13(2)9-17(8-12)23-19(20)21-11-15-5-4-6-16(10-15)18-22-14(3)24-25-18;/h4-10H,11H2,1-3H3,(H3,20,21,23)(H,22,24,25);1H. The number of nitrogens with two attached hydrogens (primary N) is 1. The molecule has 26 heavy (non-hydrogen) atoms. The molecule has 0 radical (unpaired) electrons. The topological polar surface area (TPSA) is 92.0 Å². The van der Waals surface area contributed by atoms with E-state index in [1.165, 1.54) is 11.1 Å². The average Bonchev–Trinajstić information content (AvgIpc) is 2.99. The highest BCUT2D eigenvalue weighted by Crippen LogP contribution is 2.17. The first-order valence-electron chi connectivity index (χ1n) is 8.13. The van der Waals surface area contributed by atoms with Gasteiger partial charge >= 0.3 is 0 Å². The lowest BCUT2D eigenvalue weighted by Gasteiger charge is -2.08. The van der Waals surface area contributed by atoms with Gasteiger partial charge in [0.05, 0.1) is 6.54 Å². The Morgan fingerprint density at radius 3 is 2.50 bits per heavy atom. The molecule has 0 saturated heterocycles. The maximum absolute atomic E-state index is 6.02. The summed E-state index contributed by atoms with van der Waals surface area (Å²) in [6.07, 6.45) is 0. The van der Waals surface area contributed by atoms with Crippen molar-refractivity contribution in [2.45, 2.75) is 27.3 Å². The second-order valence-corrected chi connectivity index (χ2v) is 6.15.